The molecule has 0 radical (unpaired) electrons. The zero-order valence-corrected chi connectivity index (χ0v) is 13.4. The van der Waals surface area contributed by atoms with Crippen molar-refractivity contribution in [1.82, 2.24) is 10.2 Å². The fraction of sp³-hybridized carbons (Fsp3) is 0.263. The smallest absolute Gasteiger partial charge is 0.261 e. The lowest BCUT2D eigenvalue weighted by Crippen LogP contribution is -2.41. The Kier molecular flexibility index (Phi) is 3.58. The summed E-state index contributed by atoms with van der Waals surface area (Å²) in [4.78, 5) is 26.5. The van der Waals surface area contributed by atoms with Gasteiger partial charge in [-0.05, 0) is 48.4 Å². The Morgan fingerprint density at radius 2 is 1.83 bits per heavy atom. The maximum Gasteiger partial charge on any atom is 0.261 e. The van der Waals surface area contributed by atoms with E-state index in [1.165, 1.54) is 10.5 Å². The van der Waals surface area contributed by atoms with E-state index in [9.17, 15) is 9.59 Å². The highest BCUT2D eigenvalue weighted by Crippen LogP contribution is 2.30. The number of benzene rings is 2. The van der Waals surface area contributed by atoms with Gasteiger partial charge in [-0.25, -0.2) is 0 Å². The quantitative estimate of drug-likeness (QED) is 0.880. The van der Waals surface area contributed by atoms with Crippen LogP contribution in [-0.2, 0) is 6.42 Å². The van der Waals surface area contributed by atoms with Gasteiger partial charge in [0.05, 0.1) is 24.3 Å². The summed E-state index contributed by atoms with van der Waals surface area (Å²) in [5, 5.41) is 3.42. The van der Waals surface area contributed by atoms with Gasteiger partial charge in [-0.3, -0.25) is 14.5 Å². The molecular formula is C19H18N2O3. The van der Waals surface area contributed by atoms with Crippen molar-refractivity contribution in [1.29, 1.82) is 0 Å². The molecule has 1 atom stereocenters. The maximum atomic E-state index is 12.6. The molecule has 2 heterocycles. The molecule has 2 aromatic carbocycles. The van der Waals surface area contributed by atoms with Crippen molar-refractivity contribution in [2.24, 2.45) is 0 Å². The van der Waals surface area contributed by atoms with Crippen LogP contribution < -0.4 is 10.1 Å². The largest absolute Gasteiger partial charge is 0.497 e. The number of hydrogen-bond donors (Lipinski definition) is 1. The average molecular weight is 322 g/mol. The Hall–Kier alpha value is -2.66. The predicted octanol–water partition coefficient (Wildman–Crippen LogP) is 2.18. The normalized spacial score (nSPS) is 19.2. The molecule has 2 aliphatic rings. The number of ether oxygens (including phenoxy) is 1. The van der Waals surface area contributed by atoms with Gasteiger partial charge in [0.1, 0.15) is 5.75 Å². The minimum atomic E-state index is -0.215. The summed E-state index contributed by atoms with van der Waals surface area (Å²) in [7, 11) is 1.64. The van der Waals surface area contributed by atoms with Crippen LogP contribution in [0.5, 0.6) is 5.75 Å². The summed E-state index contributed by atoms with van der Waals surface area (Å²) in [6.45, 7) is 1.15. The van der Waals surface area contributed by atoms with Crippen LogP contribution in [0.25, 0.3) is 0 Å². The van der Waals surface area contributed by atoms with Gasteiger partial charge in [-0.1, -0.05) is 18.2 Å². The van der Waals surface area contributed by atoms with Crippen molar-refractivity contribution in [3.63, 3.8) is 0 Å². The number of amides is 2. The van der Waals surface area contributed by atoms with Gasteiger partial charge >= 0.3 is 0 Å². The molecule has 2 aromatic rings. The summed E-state index contributed by atoms with van der Waals surface area (Å²) in [5.41, 5.74) is 3.31. The summed E-state index contributed by atoms with van der Waals surface area (Å²) >= 11 is 0. The summed E-state index contributed by atoms with van der Waals surface area (Å²) in [5.74, 6) is 0.352. The van der Waals surface area contributed by atoms with Crippen LogP contribution in [0, 0.1) is 0 Å². The van der Waals surface area contributed by atoms with E-state index in [1.807, 2.05) is 12.1 Å². The zero-order chi connectivity index (χ0) is 16.7. The third-order valence-corrected chi connectivity index (χ3v) is 4.76. The highest BCUT2D eigenvalue weighted by atomic mass is 16.5. The summed E-state index contributed by atoms with van der Waals surface area (Å²) in [6.07, 6.45) is 0.929. The van der Waals surface area contributed by atoms with Gasteiger partial charge in [-0.2, -0.15) is 0 Å². The van der Waals surface area contributed by atoms with Gasteiger partial charge in [0.15, 0.2) is 0 Å². The van der Waals surface area contributed by atoms with Crippen LogP contribution in [0.4, 0.5) is 0 Å². The predicted molar refractivity (Wildman–Crippen MR) is 89.3 cm³/mol. The number of carbonyl (C=O) groups is 2. The molecule has 0 saturated carbocycles. The maximum absolute atomic E-state index is 12.6. The second-order valence-electron chi connectivity index (χ2n) is 6.09. The molecule has 1 N–H and O–H groups in total. The molecule has 5 heteroatoms. The number of rotatable bonds is 3. The molecule has 122 valence electrons. The van der Waals surface area contributed by atoms with Crippen LogP contribution in [0.3, 0.4) is 0 Å². The van der Waals surface area contributed by atoms with E-state index in [4.69, 9.17) is 4.74 Å². The molecular weight excluding hydrogens is 304 g/mol. The minimum Gasteiger partial charge on any atom is -0.497 e. The van der Waals surface area contributed by atoms with Gasteiger partial charge in [0.25, 0.3) is 11.8 Å². The first kappa shape index (κ1) is 14.9. The van der Waals surface area contributed by atoms with E-state index in [2.05, 4.69) is 11.4 Å². The third-order valence-electron chi connectivity index (χ3n) is 4.76. The Balaban J connectivity index is 1.64. The molecule has 0 bridgehead atoms. The fourth-order valence-corrected chi connectivity index (χ4v) is 3.49. The molecule has 0 aliphatic carbocycles. The fourth-order valence-electron chi connectivity index (χ4n) is 3.49. The van der Waals surface area contributed by atoms with Crippen molar-refractivity contribution in [3.05, 3.63) is 64.7 Å². The molecule has 0 fully saturated rings. The Morgan fingerprint density at radius 1 is 1.12 bits per heavy atom. The van der Waals surface area contributed by atoms with Crippen LogP contribution in [0.1, 0.15) is 37.9 Å². The van der Waals surface area contributed by atoms with E-state index in [0.717, 1.165) is 24.3 Å². The van der Waals surface area contributed by atoms with E-state index >= 15 is 0 Å². The van der Waals surface area contributed by atoms with Gasteiger partial charge in [0, 0.05) is 6.54 Å². The third kappa shape index (κ3) is 2.29. The zero-order valence-electron chi connectivity index (χ0n) is 13.4. The van der Waals surface area contributed by atoms with Crippen molar-refractivity contribution in [2.45, 2.75) is 12.5 Å². The van der Waals surface area contributed by atoms with Crippen LogP contribution in [-0.4, -0.2) is 36.9 Å². The molecule has 5 nitrogen and oxygen atoms in total. The highest BCUT2D eigenvalue weighted by molar-refractivity contribution is 6.21. The van der Waals surface area contributed by atoms with Crippen molar-refractivity contribution >= 4 is 11.8 Å². The summed E-state index contributed by atoms with van der Waals surface area (Å²) < 4.78 is 5.32. The number of nitrogens with zero attached hydrogens (tertiary/aromatic N) is 1. The standard InChI is InChI=1S/C19H18N2O3/c1-24-13-7-6-12-8-9-20-17(16(12)10-13)11-21-18(22)14-4-2-3-5-15(14)19(21)23/h2-7,10,17,20H,8-9,11H2,1H3. The number of imide groups is 1. The van der Waals surface area contributed by atoms with Crippen LogP contribution in [0.2, 0.25) is 0 Å². The molecule has 0 spiro atoms. The van der Waals surface area contributed by atoms with E-state index < -0.39 is 0 Å². The van der Waals surface area contributed by atoms with E-state index in [-0.39, 0.29) is 17.9 Å². The Morgan fingerprint density at radius 3 is 2.50 bits per heavy atom. The number of nitrogens with one attached hydrogen (secondary N) is 1. The molecule has 2 amide bonds. The average Bonchev–Trinajstić information content (AvgIpc) is 2.87. The van der Waals surface area contributed by atoms with E-state index in [0.29, 0.717) is 17.7 Å². The Labute approximate surface area is 140 Å². The van der Waals surface area contributed by atoms with Crippen molar-refractivity contribution < 1.29 is 14.3 Å². The van der Waals surface area contributed by atoms with Crippen molar-refractivity contribution in [2.75, 3.05) is 20.2 Å². The minimum absolute atomic E-state index is 0.0777. The lowest BCUT2D eigenvalue weighted by atomic mass is 9.93. The number of methoxy groups -OCH3 is 1. The number of fused-ring (bicyclic) bond motifs is 2. The molecule has 24 heavy (non-hydrogen) atoms. The number of carbonyl (C=O) groups excluding carboxylic acids is 2. The monoisotopic (exact) mass is 322 g/mol. The Bertz CT molecular complexity index is 796. The highest BCUT2D eigenvalue weighted by Gasteiger charge is 2.37. The second-order valence-corrected chi connectivity index (χ2v) is 6.09. The number of hydrogen-bond acceptors (Lipinski definition) is 4. The topological polar surface area (TPSA) is 58.6 Å². The van der Waals surface area contributed by atoms with Crippen molar-refractivity contribution in [3.8, 4) is 5.75 Å². The summed E-state index contributed by atoms with van der Waals surface area (Å²) in [6, 6.07) is 12.9. The lowest BCUT2D eigenvalue weighted by molar-refractivity contribution is 0.0637. The molecule has 0 aromatic heterocycles. The van der Waals surface area contributed by atoms with E-state index in [1.54, 1.807) is 31.4 Å². The lowest BCUT2D eigenvalue weighted by Gasteiger charge is -2.30. The first-order valence-electron chi connectivity index (χ1n) is 8.04. The molecule has 4 rings (SSSR count). The molecule has 2 aliphatic heterocycles. The first-order valence-corrected chi connectivity index (χ1v) is 8.04. The molecule has 0 saturated heterocycles. The SMILES string of the molecule is COc1ccc2c(c1)C(CN1C(=O)c3ccccc3C1=O)NCC2. The van der Waals surface area contributed by atoms with Crippen LogP contribution >= 0.6 is 0 Å². The van der Waals surface area contributed by atoms with Gasteiger partial charge < -0.3 is 10.1 Å². The first-order chi connectivity index (χ1) is 11.7. The van der Waals surface area contributed by atoms with Crippen LogP contribution in [0.15, 0.2) is 42.5 Å². The second kappa shape index (κ2) is 5.76. The molecule has 1 unspecified atom stereocenters. The van der Waals surface area contributed by atoms with Gasteiger partial charge in [-0.15, -0.1) is 0 Å². The van der Waals surface area contributed by atoms with Gasteiger partial charge in [0.2, 0.25) is 0 Å².